The van der Waals surface area contributed by atoms with Gasteiger partial charge in [0.05, 0.1) is 0 Å². The standard InChI is InChI=1S/C19H32N2/c1-5-7-18(6-2)15-20-10-12-21(13-11-20)19-14-16(3)8-9-17(19)4/h8-9,14,18H,5-7,10-13,15H2,1-4H3. The van der Waals surface area contributed by atoms with E-state index in [0.29, 0.717) is 0 Å². The molecule has 0 radical (unpaired) electrons. The van der Waals surface area contributed by atoms with Crippen molar-refractivity contribution in [1.29, 1.82) is 0 Å². The van der Waals surface area contributed by atoms with Crippen molar-refractivity contribution in [2.24, 2.45) is 5.92 Å². The van der Waals surface area contributed by atoms with Gasteiger partial charge < -0.3 is 4.90 Å². The summed E-state index contributed by atoms with van der Waals surface area (Å²) in [5.41, 5.74) is 4.22. The molecule has 1 fully saturated rings. The van der Waals surface area contributed by atoms with Gasteiger partial charge in [0.15, 0.2) is 0 Å². The maximum Gasteiger partial charge on any atom is 0.0399 e. The number of anilines is 1. The Balaban J connectivity index is 1.89. The minimum Gasteiger partial charge on any atom is -0.369 e. The molecule has 0 aliphatic carbocycles. The Labute approximate surface area is 131 Å². The smallest absolute Gasteiger partial charge is 0.0399 e. The van der Waals surface area contributed by atoms with Crippen LogP contribution in [0.3, 0.4) is 0 Å². The fourth-order valence-electron chi connectivity index (χ4n) is 3.43. The molecule has 21 heavy (non-hydrogen) atoms. The van der Waals surface area contributed by atoms with E-state index in [1.54, 1.807) is 0 Å². The summed E-state index contributed by atoms with van der Waals surface area (Å²) in [6.45, 7) is 15.1. The van der Waals surface area contributed by atoms with Crippen LogP contribution in [-0.4, -0.2) is 37.6 Å². The number of hydrogen-bond donors (Lipinski definition) is 0. The summed E-state index contributed by atoms with van der Waals surface area (Å²) in [5.74, 6) is 0.891. The second-order valence-corrected chi connectivity index (χ2v) is 6.64. The van der Waals surface area contributed by atoms with Crippen molar-refractivity contribution in [2.45, 2.75) is 47.0 Å². The van der Waals surface area contributed by atoms with Gasteiger partial charge in [-0.05, 0) is 43.4 Å². The Morgan fingerprint density at radius 1 is 1.05 bits per heavy atom. The predicted molar refractivity (Wildman–Crippen MR) is 93.3 cm³/mol. The predicted octanol–water partition coefficient (Wildman–Crippen LogP) is 4.25. The van der Waals surface area contributed by atoms with Crippen LogP contribution in [0.25, 0.3) is 0 Å². The lowest BCUT2D eigenvalue weighted by molar-refractivity contribution is 0.209. The van der Waals surface area contributed by atoms with Crippen LogP contribution in [0.5, 0.6) is 0 Å². The summed E-state index contributed by atoms with van der Waals surface area (Å²) in [6, 6.07) is 6.81. The van der Waals surface area contributed by atoms with E-state index in [9.17, 15) is 0 Å². The van der Waals surface area contributed by atoms with Gasteiger partial charge in [0.2, 0.25) is 0 Å². The van der Waals surface area contributed by atoms with Gasteiger partial charge >= 0.3 is 0 Å². The van der Waals surface area contributed by atoms with E-state index in [4.69, 9.17) is 0 Å². The fourth-order valence-corrected chi connectivity index (χ4v) is 3.43. The molecule has 1 atom stereocenters. The molecule has 0 bridgehead atoms. The van der Waals surface area contributed by atoms with E-state index in [-0.39, 0.29) is 0 Å². The molecule has 0 spiro atoms. The summed E-state index contributed by atoms with van der Waals surface area (Å²) < 4.78 is 0. The third kappa shape index (κ3) is 4.47. The highest BCUT2D eigenvalue weighted by atomic mass is 15.3. The van der Waals surface area contributed by atoms with Gasteiger partial charge in [-0.15, -0.1) is 0 Å². The van der Waals surface area contributed by atoms with Gasteiger partial charge in [-0.25, -0.2) is 0 Å². The van der Waals surface area contributed by atoms with Crippen LogP contribution < -0.4 is 4.90 Å². The van der Waals surface area contributed by atoms with E-state index in [1.807, 2.05) is 0 Å². The molecule has 1 aromatic carbocycles. The van der Waals surface area contributed by atoms with Crippen LogP contribution in [0.4, 0.5) is 5.69 Å². The van der Waals surface area contributed by atoms with E-state index in [1.165, 1.54) is 68.8 Å². The molecular formula is C19H32N2. The lowest BCUT2D eigenvalue weighted by atomic mass is 10.00. The molecule has 1 unspecified atom stereocenters. The monoisotopic (exact) mass is 288 g/mol. The molecule has 0 saturated carbocycles. The van der Waals surface area contributed by atoms with E-state index >= 15 is 0 Å². The fraction of sp³-hybridized carbons (Fsp3) is 0.684. The third-order valence-electron chi connectivity index (χ3n) is 4.87. The first-order chi connectivity index (χ1) is 10.1. The molecule has 1 aromatic rings. The molecule has 1 aliphatic heterocycles. The minimum atomic E-state index is 0.891. The Bertz CT molecular complexity index is 433. The number of nitrogens with zero attached hydrogens (tertiary/aromatic N) is 2. The van der Waals surface area contributed by atoms with Gasteiger partial charge in [-0.3, -0.25) is 4.90 Å². The molecule has 0 amide bonds. The molecule has 2 nitrogen and oxygen atoms in total. The first kappa shape index (κ1) is 16.4. The van der Waals surface area contributed by atoms with Crippen molar-refractivity contribution >= 4 is 5.69 Å². The van der Waals surface area contributed by atoms with Crippen LogP contribution in [0.1, 0.15) is 44.2 Å². The van der Waals surface area contributed by atoms with Crippen LogP contribution in [0.2, 0.25) is 0 Å². The van der Waals surface area contributed by atoms with Crippen molar-refractivity contribution < 1.29 is 0 Å². The Morgan fingerprint density at radius 3 is 2.38 bits per heavy atom. The second-order valence-electron chi connectivity index (χ2n) is 6.64. The summed E-state index contributed by atoms with van der Waals surface area (Å²) in [7, 11) is 0. The van der Waals surface area contributed by atoms with Gasteiger partial charge in [-0.2, -0.15) is 0 Å². The Hall–Kier alpha value is -1.02. The first-order valence-electron chi connectivity index (χ1n) is 8.68. The normalized spacial score (nSPS) is 18.0. The SMILES string of the molecule is CCCC(CC)CN1CCN(c2cc(C)ccc2C)CC1. The van der Waals surface area contributed by atoms with Crippen LogP contribution >= 0.6 is 0 Å². The highest BCUT2D eigenvalue weighted by Crippen LogP contribution is 2.23. The zero-order valence-corrected chi connectivity index (χ0v) is 14.4. The number of rotatable bonds is 6. The van der Waals surface area contributed by atoms with Crippen LogP contribution in [-0.2, 0) is 0 Å². The van der Waals surface area contributed by atoms with Crippen LogP contribution in [0, 0.1) is 19.8 Å². The van der Waals surface area contributed by atoms with Gasteiger partial charge in [0.1, 0.15) is 0 Å². The van der Waals surface area contributed by atoms with Crippen molar-refractivity contribution in [1.82, 2.24) is 4.90 Å². The zero-order chi connectivity index (χ0) is 15.2. The number of benzene rings is 1. The van der Waals surface area contributed by atoms with Crippen molar-refractivity contribution in [3.8, 4) is 0 Å². The van der Waals surface area contributed by atoms with Crippen molar-refractivity contribution in [2.75, 3.05) is 37.6 Å². The lowest BCUT2D eigenvalue weighted by Crippen LogP contribution is -2.48. The molecule has 118 valence electrons. The van der Waals surface area contributed by atoms with Gasteiger partial charge in [0.25, 0.3) is 0 Å². The maximum atomic E-state index is 2.67. The Morgan fingerprint density at radius 2 is 1.76 bits per heavy atom. The molecule has 0 aromatic heterocycles. The van der Waals surface area contributed by atoms with E-state index in [2.05, 4.69) is 55.7 Å². The summed E-state index contributed by atoms with van der Waals surface area (Å²) in [4.78, 5) is 5.24. The molecule has 1 aliphatic rings. The summed E-state index contributed by atoms with van der Waals surface area (Å²) in [5, 5.41) is 0. The first-order valence-corrected chi connectivity index (χ1v) is 8.68. The highest BCUT2D eigenvalue weighted by Gasteiger charge is 2.20. The number of piperazine rings is 1. The molecular weight excluding hydrogens is 256 g/mol. The molecule has 0 N–H and O–H groups in total. The number of aryl methyl sites for hydroxylation is 2. The average Bonchev–Trinajstić information content (AvgIpc) is 2.50. The quantitative estimate of drug-likeness (QED) is 0.772. The zero-order valence-electron chi connectivity index (χ0n) is 14.4. The molecule has 2 rings (SSSR count). The number of hydrogen-bond acceptors (Lipinski definition) is 2. The minimum absolute atomic E-state index is 0.891. The highest BCUT2D eigenvalue weighted by molar-refractivity contribution is 5.55. The second kappa shape index (κ2) is 7.84. The summed E-state index contributed by atoms with van der Waals surface area (Å²) >= 11 is 0. The van der Waals surface area contributed by atoms with E-state index < -0.39 is 0 Å². The molecule has 1 heterocycles. The van der Waals surface area contributed by atoms with Crippen molar-refractivity contribution in [3.05, 3.63) is 29.3 Å². The van der Waals surface area contributed by atoms with Crippen molar-refractivity contribution in [3.63, 3.8) is 0 Å². The summed E-state index contributed by atoms with van der Waals surface area (Å²) in [6.07, 6.45) is 4.03. The average molecular weight is 288 g/mol. The topological polar surface area (TPSA) is 6.48 Å². The lowest BCUT2D eigenvalue weighted by Gasteiger charge is -2.38. The maximum absolute atomic E-state index is 2.67. The largest absolute Gasteiger partial charge is 0.369 e. The molecule has 1 saturated heterocycles. The molecule has 2 heteroatoms. The van der Waals surface area contributed by atoms with Crippen LogP contribution in [0.15, 0.2) is 18.2 Å². The third-order valence-corrected chi connectivity index (χ3v) is 4.87. The van der Waals surface area contributed by atoms with E-state index in [0.717, 1.165) is 5.92 Å². The van der Waals surface area contributed by atoms with Gasteiger partial charge in [0, 0.05) is 38.4 Å². The Kier molecular flexibility index (Phi) is 6.10. The van der Waals surface area contributed by atoms with Gasteiger partial charge in [-0.1, -0.05) is 38.8 Å².